The van der Waals surface area contributed by atoms with Crippen LogP contribution in [0.4, 0.5) is 0 Å². The van der Waals surface area contributed by atoms with Gasteiger partial charge in [0.15, 0.2) is 5.03 Å². The van der Waals surface area contributed by atoms with Crippen LogP contribution in [0.15, 0.2) is 11.2 Å². The molecule has 118 valence electrons. The molecule has 1 aromatic rings. The van der Waals surface area contributed by atoms with Gasteiger partial charge in [-0.2, -0.15) is 9.40 Å². The van der Waals surface area contributed by atoms with Gasteiger partial charge >= 0.3 is 5.97 Å². The Balaban J connectivity index is 2.10. The molecule has 0 amide bonds. The molecule has 2 rings (SSSR count). The monoisotopic (exact) mass is 335 g/mol. The number of hydrogen-bond donors (Lipinski definition) is 0. The topological polar surface area (TPSA) is 81.5 Å². The minimum absolute atomic E-state index is 0.0150. The summed E-state index contributed by atoms with van der Waals surface area (Å²) in [5.74, 6) is -0.494. The molecule has 0 aromatic carbocycles. The Morgan fingerprint density at radius 1 is 1.48 bits per heavy atom. The Labute approximate surface area is 128 Å². The number of hydrogen-bond acceptors (Lipinski definition) is 5. The molecule has 0 unspecified atom stereocenters. The number of piperidine rings is 1. The van der Waals surface area contributed by atoms with Crippen LogP contribution in [0.1, 0.15) is 19.8 Å². The summed E-state index contributed by atoms with van der Waals surface area (Å²) in [5, 5.41) is 3.94. The maximum atomic E-state index is 12.6. The van der Waals surface area contributed by atoms with Crippen molar-refractivity contribution in [1.29, 1.82) is 0 Å². The highest BCUT2D eigenvalue weighted by atomic mass is 35.5. The third kappa shape index (κ3) is 3.22. The van der Waals surface area contributed by atoms with Gasteiger partial charge in [0.1, 0.15) is 0 Å². The summed E-state index contributed by atoms with van der Waals surface area (Å²) in [6.07, 6.45) is 2.21. The molecular weight excluding hydrogens is 318 g/mol. The van der Waals surface area contributed by atoms with Gasteiger partial charge in [0.05, 0.1) is 23.7 Å². The highest BCUT2D eigenvalue weighted by Gasteiger charge is 2.35. The van der Waals surface area contributed by atoms with E-state index in [4.69, 9.17) is 16.3 Å². The maximum absolute atomic E-state index is 12.6. The average molecular weight is 336 g/mol. The van der Waals surface area contributed by atoms with Crippen molar-refractivity contribution in [3.63, 3.8) is 0 Å². The first-order valence-electron chi connectivity index (χ1n) is 6.72. The average Bonchev–Trinajstić information content (AvgIpc) is 2.79. The number of rotatable bonds is 4. The molecule has 0 aliphatic carbocycles. The van der Waals surface area contributed by atoms with Gasteiger partial charge in [0.25, 0.3) is 10.0 Å². The largest absolute Gasteiger partial charge is 0.466 e. The molecule has 7 nitrogen and oxygen atoms in total. The Morgan fingerprint density at radius 3 is 2.57 bits per heavy atom. The molecule has 1 fully saturated rings. The number of carbonyl (C=O) groups is 1. The Bertz CT molecular complexity index is 601. The normalized spacial score (nSPS) is 17.9. The van der Waals surface area contributed by atoms with Crippen LogP contribution in [0.25, 0.3) is 0 Å². The van der Waals surface area contributed by atoms with Crippen molar-refractivity contribution >= 4 is 27.6 Å². The fourth-order valence-corrected chi connectivity index (χ4v) is 4.48. The van der Waals surface area contributed by atoms with E-state index in [2.05, 4.69) is 5.10 Å². The first kappa shape index (κ1) is 16.3. The first-order chi connectivity index (χ1) is 9.87. The van der Waals surface area contributed by atoms with Crippen molar-refractivity contribution in [2.24, 2.45) is 13.0 Å². The molecule has 1 saturated heterocycles. The van der Waals surface area contributed by atoms with Gasteiger partial charge in [0.2, 0.25) is 0 Å². The minimum atomic E-state index is -3.69. The summed E-state index contributed by atoms with van der Waals surface area (Å²) < 4.78 is 32.7. The van der Waals surface area contributed by atoms with Crippen LogP contribution in [0.2, 0.25) is 5.02 Å². The number of aromatic nitrogens is 2. The zero-order valence-electron chi connectivity index (χ0n) is 12.0. The number of ether oxygens (including phenoxy) is 1. The molecule has 0 spiro atoms. The second-order valence-electron chi connectivity index (χ2n) is 4.85. The van der Waals surface area contributed by atoms with E-state index in [0.717, 1.165) is 0 Å². The minimum Gasteiger partial charge on any atom is -0.466 e. The summed E-state index contributed by atoms with van der Waals surface area (Å²) in [6.45, 7) is 2.63. The van der Waals surface area contributed by atoms with Gasteiger partial charge in [-0.15, -0.1) is 0 Å². The zero-order valence-corrected chi connectivity index (χ0v) is 13.5. The molecule has 0 N–H and O–H groups in total. The highest BCUT2D eigenvalue weighted by molar-refractivity contribution is 7.89. The van der Waals surface area contributed by atoms with Crippen LogP contribution in [0.3, 0.4) is 0 Å². The number of sulfonamides is 1. The Kier molecular flexibility index (Phi) is 4.90. The summed E-state index contributed by atoms with van der Waals surface area (Å²) in [4.78, 5) is 11.7. The van der Waals surface area contributed by atoms with Crippen molar-refractivity contribution in [1.82, 2.24) is 14.1 Å². The molecule has 1 aliphatic heterocycles. The van der Waals surface area contributed by atoms with Crippen molar-refractivity contribution < 1.29 is 17.9 Å². The van der Waals surface area contributed by atoms with Gasteiger partial charge in [-0.05, 0) is 19.8 Å². The van der Waals surface area contributed by atoms with Crippen molar-refractivity contribution in [2.45, 2.75) is 24.8 Å². The maximum Gasteiger partial charge on any atom is 0.309 e. The fraction of sp³-hybridized carbons (Fsp3) is 0.667. The van der Waals surface area contributed by atoms with Gasteiger partial charge in [-0.1, -0.05) is 11.6 Å². The quantitative estimate of drug-likeness (QED) is 0.768. The molecule has 9 heteroatoms. The molecular formula is C12H18ClN3O4S. The number of halogens is 1. The smallest absolute Gasteiger partial charge is 0.309 e. The Morgan fingerprint density at radius 2 is 2.10 bits per heavy atom. The second kappa shape index (κ2) is 6.33. The molecule has 2 heterocycles. The molecule has 1 aliphatic rings. The van der Waals surface area contributed by atoms with Gasteiger partial charge in [0, 0.05) is 20.1 Å². The van der Waals surface area contributed by atoms with Gasteiger partial charge in [-0.3, -0.25) is 9.48 Å². The molecule has 0 saturated carbocycles. The van der Waals surface area contributed by atoms with E-state index < -0.39 is 10.0 Å². The van der Waals surface area contributed by atoms with E-state index in [-0.39, 0.29) is 35.0 Å². The molecule has 21 heavy (non-hydrogen) atoms. The molecule has 0 bridgehead atoms. The standard InChI is InChI=1S/C12H18ClN3O4S/c1-3-20-12(17)9-4-6-16(7-5-9)21(18,19)11-10(13)8-14-15(11)2/h8-9H,3-7H2,1-2H3. The van der Waals surface area contributed by atoms with Crippen LogP contribution in [-0.4, -0.2) is 48.2 Å². The van der Waals surface area contributed by atoms with E-state index >= 15 is 0 Å². The third-order valence-electron chi connectivity index (χ3n) is 3.50. The van der Waals surface area contributed by atoms with Crippen molar-refractivity contribution in [3.8, 4) is 0 Å². The predicted octanol–water partition coefficient (Wildman–Crippen LogP) is 1.04. The van der Waals surface area contributed by atoms with Gasteiger partial charge in [-0.25, -0.2) is 8.42 Å². The summed E-state index contributed by atoms with van der Waals surface area (Å²) in [7, 11) is -2.16. The molecule has 1 aromatic heterocycles. The number of carbonyl (C=O) groups excluding carboxylic acids is 1. The molecule has 0 atom stereocenters. The number of aryl methyl sites for hydroxylation is 1. The summed E-state index contributed by atoms with van der Waals surface area (Å²) >= 11 is 5.91. The predicted molar refractivity (Wildman–Crippen MR) is 76.3 cm³/mol. The van der Waals surface area contributed by atoms with E-state index in [1.54, 1.807) is 6.92 Å². The number of nitrogens with zero attached hydrogens (tertiary/aromatic N) is 3. The van der Waals surface area contributed by atoms with E-state index in [0.29, 0.717) is 19.4 Å². The lowest BCUT2D eigenvalue weighted by Gasteiger charge is -2.29. The summed E-state index contributed by atoms with van der Waals surface area (Å²) in [5.41, 5.74) is 0. The van der Waals surface area contributed by atoms with Crippen LogP contribution in [0, 0.1) is 5.92 Å². The third-order valence-corrected chi connectivity index (χ3v) is 5.91. The van der Waals surface area contributed by atoms with Gasteiger partial charge < -0.3 is 4.74 Å². The second-order valence-corrected chi connectivity index (χ2v) is 7.11. The van der Waals surface area contributed by atoms with Crippen LogP contribution in [-0.2, 0) is 26.6 Å². The van der Waals surface area contributed by atoms with Crippen LogP contribution < -0.4 is 0 Å². The number of esters is 1. The van der Waals surface area contributed by atoms with E-state index in [9.17, 15) is 13.2 Å². The SMILES string of the molecule is CCOC(=O)C1CCN(S(=O)(=O)c2c(Cl)cnn2C)CC1. The fourth-order valence-electron chi connectivity index (χ4n) is 2.40. The zero-order chi connectivity index (χ0) is 15.6. The van der Waals surface area contributed by atoms with Crippen molar-refractivity contribution in [3.05, 3.63) is 11.2 Å². The lowest BCUT2D eigenvalue weighted by atomic mass is 9.98. The van der Waals surface area contributed by atoms with E-state index in [1.807, 2.05) is 0 Å². The van der Waals surface area contributed by atoms with Crippen LogP contribution >= 0.6 is 11.6 Å². The first-order valence-corrected chi connectivity index (χ1v) is 8.54. The summed E-state index contributed by atoms with van der Waals surface area (Å²) in [6, 6.07) is 0. The molecule has 0 radical (unpaired) electrons. The highest BCUT2D eigenvalue weighted by Crippen LogP contribution is 2.28. The van der Waals surface area contributed by atoms with Crippen LogP contribution in [0.5, 0.6) is 0 Å². The lowest BCUT2D eigenvalue weighted by molar-refractivity contribution is -0.149. The van der Waals surface area contributed by atoms with E-state index in [1.165, 1.54) is 22.2 Å². The lowest BCUT2D eigenvalue weighted by Crippen LogP contribution is -2.41. The Hall–Kier alpha value is -1.12. The van der Waals surface area contributed by atoms with Crippen molar-refractivity contribution in [2.75, 3.05) is 19.7 Å².